The number of thiophene rings is 1. The van der Waals surface area contributed by atoms with Gasteiger partial charge in [0.25, 0.3) is 0 Å². The minimum atomic E-state index is 0.366. The Bertz CT molecular complexity index is 1160. The van der Waals surface area contributed by atoms with Gasteiger partial charge in [0.2, 0.25) is 0 Å². The Hall–Kier alpha value is -2.74. The number of aromatic nitrogens is 4. The first kappa shape index (κ1) is 19.0. The van der Waals surface area contributed by atoms with E-state index in [4.69, 9.17) is 0 Å². The van der Waals surface area contributed by atoms with Crippen molar-refractivity contribution in [1.82, 2.24) is 30.6 Å². The summed E-state index contributed by atoms with van der Waals surface area (Å²) in [6, 6.07) is 13.9. The molecule has 2 aliphatic rings. The Labute approximate surface area is 185 Å². The van der Waals surface area contributed by atoms with Crippen molar-refractivity contribution in [2.45, 2.75) is 37.8 Å². The minimum absolute atomic E-state index is 0.366. The van der Waals surface area contributed by atoms with Crippen LogP contribution in [-0.2, 0) is 0 Å². The third-order valence-corrected chi connectivity index (χ3v) is 7.49. The molecule has 0 amide bonds. The molecule has 0 radical (unpaired) electrons. The summed E-state index contributed by atoms with van der Waals surface area (Å²) in [5, 5.41) is 7.00. The highest BCUT2D eigenvalue weighted by Gasteiger charge is 2.20. The van der Waals surface area contributed by atoms with E-state index in [9.17, 15) is 0 Å². The summed E-state index contributed by atoms with van der Waals surface area (Å²) < 4.78 is 0. The number of H-pyrrole nitrogens is 2. The number of benzene rings is 1. The number of hydrogen-bond acceptors (Lipinski definition) is 5. The van der Waals surface area contributed by atoms with E-state index in [1.165, 1.54) is 33.7 Å². The smallest absolute Gasteiger partial charge is 0.123 e. The zero-order valence-corrected chi connectivity index (χ0v) is 18.1. The molecule has 1 aromatic carbocycles. The monoisotopic (exact) mass is 430 g/mol. The predicted molar refractivity (Wildman–Crippen MR) is 125 cm³/mol. The summed E-state index contributed by atoms with van der Waals surface area (Å²) in [5.74, 6) is 2.10. The van der Waals surface area contributed by atoms with E-state index in [0.29, 0.717) is 12.1 Å². The van der Waals surface area contributed by atoms with Crippen LogP contribution in [0.4, 0.5) is 0 Å². The number of hydrogen-bond donors (Lipinski definition) is 4. The average molecular weight is 431 g/mol. The third kappa shape index (κ3) is 3.73. The maximum atomic E-state index is 4.61. The van der Waals surface area contributed by atoms with Crippen molar-refractivity contribution in [3.05, 3.63) is 60.4 Å². The molecule has 6 rings (SSSR count). The fraction of sp³-hybridized carbons (Fsp3) is 0.333. The summed E-state index contributed by atoms with van der Waals surface area (Å²) in [6.45, 7) is 2.16. The van der Waals surface area contributed by atoms with Crippen LogP contribution in [0.25, 0.3) is 32.3 Å². The number of aromatic amines is 2. The lowest BCUT2D eigenvalue weighted by Crippen LogP contribution is -2.14. The summed E-state index contributed by atoms with van der Waals surface area (Å²) in [7, 11) is 0. The van der Waals surface area contributed by atoms with E-state index < -0.39 is 0 Å². The summed E-state index contributed by atoms with van der Waals surface area (Å²) in [6.07, 6.45) is 8.66. The summed E-state index contributed by atoms with van der Waals surface area (Å²) >= 11 is 1.80. The van der Waals surface area contributed by atoms with E-state index in [1.807, 2.05) is 12.4 Å². The van der Waals surface area contributed by atoms with Crippen LogP contribution in [0.15, 0.2) is 48.8 Å². The first-order valence-corrected chi connectivity index (χ1v) is 11.9. The van der Waals surface area contributed by atoms with Gasteiger partial charge in [-0.15, -0.1) is 11.3 Å². The van der Waals surface area contributed by atoms with Gasteiger partial charge in [-0.1, -0.05) is 24.3 Å². The van der Waals surface area contributed by atoms with Crippen LogP contribution in [0, 0.1) is 0 Å². The molecule has 2 unspecified atom stereocenters. The summed E-state index contributed by atoms with van der Waals surface area (Å²) in [5.41, 5.74) is 4.57. The van der Waals surface area contributed by atoms with Crippen LogP contribution in [-0.4, -0.2) is 33.0 Å². The molecule has 2 saturated heterocycles. The molecular weight excluding hydrogens is 404 g/mol. The van der Waals surface area contributed by atoms with Gasteiger partial charge in [-0.2, -0.15) is 0 Å². The first-order chi connectivity index (χ1) is 15.3. The zero-order valence-electron chi connectivity index (χ0n) is 17.3. The third-order valence-electron chi connectivity index (χ3n) is 6.32. The van der Waals surface area contributed by atoms with E-state index in [1.54, 1.807) is 11.3 Å². The molecule has 31 heavy (non-hydrogen) atoms. The first-order valence-electron chi connectivity index (χ1n) is 11.1. The number of nitrogens with zero attached hydrogens (tertiary/aromatic N) is 2. The van der Waals surface area contributed by atoms with Crippen LogP contribution in [0.5, 0.6) is 0 Å². The molecule has 4 N–H and O–H groups in total. The Morgan fingerprint density at radius 3 is 1.90 bits per heavy atom. The van der Waals surface area contributed by atoms with Crippen molar-refractivity contribution in [1.29, 1.82) is 0 Å². The molecule has 2 aliphatic heterocycles. The molecule has 2 atom stereocenters. The number of imidazole rings is 2. The van der Waals surface area contributed by atoms with Crippen molar-refractivity contribution in [2.75, 3.05) is 13.1 Å². The van der Waals surface area contributed by atoms with Gasteiger partial charge in [-0.3, -0.25) is 0 Å². The molecule has 0 aliphatic carbocycles. The number of rotatable bonds is 5. The molecule has 5 heterocycles. The van der Waals surface area contributed by atoms with E-state index in [2.05, 4.69) is 67.0 Å². The van der Waals surface area contributed by atoms with E-state index in [-0.39, 0.29) is 0 Å². The Balaban J connectivity index is 1.19. The lowest BCUT2D eigenvalue weighted by molar-refractivity contribution is 0.613. The van der Waals surface area contributed by atoms with Gasteiger partial charge in [0, 0.05) is 4.88 Å². The minimum Gasteiger partial charge on any atom is -0.341 e. The van der Waals surface area contributed by atoms with Crippen molar-refractivity contribution < 1.29 is 0 Å². The van der Waals surface area contributed by atoms with Gasteiger partial charge in [0.1, 0.15) is 11.6 Å². The van der Waals surface area contributed by atoms with Gasteiger partial charge in [-0.25, -0.2) is 9.97 Å². The normalized spacial score (nSPS) is 21.2. The van der Waals surface area contributed by atoms with Crippen molar-refractivity contribution >= 4 is 11.3 Å². The second-order valence-corrected chi connectivity index (χ2v) is 9.49. The molecule has 4 aromatic rings. The zero-order chi connectivity index (χ0) is 20.6. The van der Waals surface area contributed by atoms with Gasteiger partial charge >= 0.3 is 0 Å². The van der Waals surface area contributed by atoms with Crippen LogP contribution in [0.3, 0.4) is 0 Å². The highest BCUT2D eigenvalue weighted by atomic mass is 32.1. The molecule has 158 valence electrons. The Morgan fingerprint density at radius 1 is 0.677 bits per heavy atom. The highest BCUT2D eigenvalue weighted by Crippen LogP contribution is 2.35. The fourth-order valence-electron chi connectivity index (χ4n) is 4.59. The molecular formula is C24H26N6S. The van der Waals surface area contributed by atoms with Gasteiger partial charge in [-0.05, 0) is 62.0 Å². The molecule has 0 bridgehead atoms. The van der Waals surface area contributed by atoms with E-state index in [0.717, 1.165) is 49.0 Å². The highest BCUT2D eigenvalue weighted by molar-refractivity contribution is 7.18. The number of nitrogens with one attached hydrogen (secondary N) is 4. The standard InChI is InChI=1S/C24H26N6S/c1-3-17(25-11-1)23-27-13-19(29-23)15-5-7-16(8-6-15)21-9-10-22(31-21)20-14-28-24(30-20)18-4-2-12-26-18/h5-10,13-14,17-18,25-26H,1-4,11-12H2,(H,27,29)(H,28,30). The molecule has 7 heteroatoms. The maximum Gasteiger partial charge on any atom is 0.123 e. The maximum absolute atomic E-state index is 4.61. The quantitative estimate of drug-likeness (QED) is 0.357. The lowest BCUT2D eigenvalue weighted by atomic mass is 10.1. The molecule has 0 saturated carbocycles. The Morgan fingerprint density at radius 2 is 1.26 bits per heavy atom. The molecule has 2 fully saturated rings. The average Bonchev–Trinajstić information content (AvgIpc) is 3.64. The van der Waals surface area contributed by atoms with E-state index >= 15 is 0 Å². The van der Waals surface area contributed by atoms with Crippen molar-refractivity contribution in [3.8, 4) is 32.3 Å². The van der Waals surface area contributed by atoms with Crippen molar-refractivity contribution in [3.63, 3.8) is 0 Å². The van der Waals surface area contributed by atoms with Crippen LogP contribution < -0.4 is 10.6 Å². The topological polar surface area (TPSA) is 81.4 Å². The van der Waals surface area contributed by atoms with Crippen molar-refractivity contribution in [2.24, 2.45) is 0 Å². The fourth-order valence-corrected chi connectivity index (χ4v) is 5.56. The second kappa shape index (κ2) is 8.07. The second-order valence-electron chi connectivity index (χ2n) is 8.40. The van der Waals surface area contributed by atoms with Gasteiger partial charge in [0.15, 0.2) is 0 Å². The van der Waals surface area contributed by atoms with Crippen LogP contribution in [0.1, 0.15) is 49.4 Å². The van der Waals surface area contributed by atoms with Gasteiger partial charge in [0.05, 0.1) is 40.7 Å². The Kier molecular flexibility index (Phi) is 4.94. The lowest BCUT2D eigenvalue weighted by Gasteiger charge is -2.05. The van der Waals surface area contributed by atoms with Gasteiger partial charge < -0.3 is 20.6 Å². The molecule has 0 spiro atoms. The molecule has 3 aromatic heterocycles. The molecule has 6 nitrogen and oxygen atoms in total. The van der Waals surface area contributed by atoms with Crippen LogP contribution in [0.2, 0.25) is 0 Å². The SMILES string of the molecule is c1cc(-c2ccc(-c3cnc(C4CCCN4)[nH]3)s2)ccc1-c1cnc(C2CCCN2)[nH]1. The predicted octanol–water partition coefficient (Wildman–Crippen LogP) is 5.04. The largest absolute Gasteiger partial charge is 0.341 e. The summed E-state index contributed by atoms with van der Waals surface area (Å²) in [4.78, 5) is 18.7. The van der Waals surface area contributed by atoms with Crippen LogP contribution >= 0.6 is 11.3 Å².